The van der Waals surface area contributed by atoms with Crippen molar-refractivity contribution in [3.8, 4) is 0 Å². The summed E-state index contributed by atoms with van der Waals surface area (Å²) in [6.45, 7) is 8.67. The van der Waals surface area contributed by atoms with E-state index in [0.717, 1.165) is 25.9 Å². The third-order valence-electron chi connectivity index (χ3n) is 4.25. The highest BCUT2D eigenvalue weighted by Gasteiger charge is 2.23. The van der Waals surface area contributed by atoms with Gasteiger partial charge in [-0.3, -0.25) is 9.59 Å². The highest BCUT2D eigenvalue weighted by atomic mass is 16.2. The van der Waals surface area contributed by atoms with Crippen molar-refractivity contribution < 1.29 is 9.59 Å². The second-order valence-corrected chi connectivity index (χ2v) is 6.30. The summed E-state index contributed by atoms with van der Waals surface area (Å²) in [6, 6.07) is 5.14. The second-order valence-electron chi connectivity index (χ2n) is 6.30. The van der Waals surface area contributed by atoms with Crippen LogP contribution in [0.3, 0.4) is 0 Å². The molecule has 1 aliphatic heterocycles. The van der Waals surface area contributed by atoms with Gasteiger partial charge in [0.2, 0.25) is 0 Å². The van der Waals surface area contributed by atoms with Crippen LogP contribution in [0.5, 0.6) is 0 Å². The number of aromatic nitrogens is 1. The number of rotatable bonds is 6. The van der Waals surface area contributed by atoms with Gasteiger partial charge in [0.15, 0.2) is 0 Å². The summed E-state index contributed by atoms with van der Waals surface area (Å²) in [7, 11) is 2.05. The monoisotopic (exact) mass is 332 g/mol. The topological polar surface area (TPSA) is 56.8 Å². The van der Waals surface area contributed by atoms with E-state index < -0.39 is 0 Å². The van der Waals surface area contributed by atoms with E-state index in [1.165, 1.54) is 0 Å². The van der Waals surface area contributed by atoms with Crippen molar-refractivity contribution in [1.82, 2.24) is 19.7 Å². The molecule has 1 aromatic rings. The van der Waals surface area contributed by atoms with Crippen LogP contribution in [-0.4, -0.2) is 77.8 Å². The van der Waals surface area contributed by atoms with Gasteiger partial charge in [-0.05, 0) is 32.0 Å². The van der Waals surface area contributed by atoms with Crippen LogP contribution in [0.4, 0.5) is 0 Å². The third-order valence-corrected chi connectivity index (χ3v) is 4.25. The minimum absolute atomic E-state index is 0.0877. The summed E-state index contributed by atoms with van der Waals surface area (Å²) in [4.78, 5) is 35.5. The Morgan fingerprint density at radius 2 is 1.62 bits per heavy atom. The summed E-state index contributed by atoms with van der Waals surface area (Å²) in [5, 5.41) is 0. The average molecular weight is 332 g/mol. The Morgan fingerprint density at radius 1 is 1.04 bits per heavy atom. The number of hydrogen-bond donors (Lipinski definition) is 0. The number of amides is 2. The zero-order chi connectivity index (χ0) is 17.5. The van der Waals surface area contributed by atoms with Gasteiger partial charge >= 0.3 is 0 Å². The molecule has 6 nitrogen and oxygen atoms in total. The molecule has 0 aliphatic carbocycles. The van der Waals surface area contributed by atoms with Crippen molar-refractivity contribution in [2.45, 2.75) is 26.7 Å². The fourth-order valence-corrected chi connectivity index (χ4v) is 2.86. The van der Waals surface area contributed by atoms with Crippen LogP contribution in [0.25, 0.3) is 0 Å². The van der Waals surface area contributed by atoms with Gasteiger partial charge in [0.05, 0.1) is 0 Å². The van der Waals surface area contributed by atoms with Crippen LogP contribution < -0.4 is 0 Å². The van der Waals surface area contributed by atoms with E-state index in [1.54, 1.807) is 18.2 Å². The molecule has 2 amide bonds. The summed E-state index contributed by atoms with van der Waals surface area (Å²) >= 11 is 0. The molecule has 2 heterocycles. The summed E-state index contributed by atoms with van der Waals surface area (Å²) < 4.78 is 0. The van der Waals surface area contributed by atoms with Crippen molar-refractivity contribution in [3.05, 3.63) is 29.6 Å². The Bertz CT molecular complexity index is 562. The van der Waals surface area contributed by atoms with E-state index in [2.05, 4.69) is 30.8 Å². The predicted molar refractivity (Wildman–Crippen MR) is 94.1 cm³/mol. The molecule has 1 aliphatic rings. The molecule has 0 N–H and O–H groups in total. The number of piperazine rings is 1. The Hall–Kier alpha value is -1.95. The Labute approximate surface area is 144 Å². The number of pyridine rings is 1. The molecule has 0 spiro atoms. The van der Waals surface area contributed by atoms with Gasteiger partial charge in [-0.25, -0.2) is 4.98 Å². The lowest BCUT2D eigenvalue weighted by Gasteiger charge is -2.32. The van der Waals surface area contributed by atoms with Gasteiger partial charge in [-0.1, -0.05) is 19.9 Å². The summed E-state index contributed by atoms with van der Waals surface area (Å²) in [6.07, 6.45) is 1.82. The molecule has 0 unspecified atom stereocenters. The normalized spacial score (nSPS) is 15.4. The van der Waals surface area contributed by atoms with Crippen molar-refractivity contribution in [2.24, 2.45) is 0 Å². The highest BCUT2D eigenvalue weighted by Crippen LogP contribution is 2.10. The lowest BCUT2D eigenvalue weighted by atomic mass is 10.2. The molecule has 0 bridgehead atoms. The molecule has 132 valence electrons. The highest BCUT2D eigenvalue weighted by molar-refractivity contribution is 5.96. The van der Waals surface area contributed by atoms with Crippen molar-refractivity contribution >= 4 is 11.8 Å². The zero-order valence-corrected chi connectivity index (χ0v) is 15.0. The van der Waals surface area contributed by atoms with Crippen molar-refractivity contribution in [3.63, 3.8) is 0 Å². The number of nitrogens with zero attached hydrogens (tertiary/aromatic N) is 4. The molecule has 1 fully saturated rings. The first-order valence-electron chi connectivity index (χ1n) is 8.81. The predicted octanol–water partition coefficient (Wildman–Crippen LogP) is 1.73. The van der Waals surface area contributed by atoms with Crippen LogP contribution in [0.2, 0.25) is 0 Å². The van der Waals surface area contributed by atoms with E-state index in [-0.39, 0.29) is 11.8 Å². The second kappa shape index (κ2) is 8.78. The first-order chi connectivity index (χ1) is 11.6. The Kier molecular flexibility index (Phi) is 6.73. The molecule has 24 heavy (non-hydrogen) atoms. The van der Waals surface area contributed by atoms with E-state index in [4.69, 9.17) is 0 Å². The van der Waals surface area contributed by atoms with Gasteiger partial charge in [-0.15, -0.1) is 0 Å². The van der Waals surface area contributed by atoms with Crippen molar-refractivity contribution in [1.29, 1.82) is 0 Å². The summed E-state index contributed by atoms with van der Waals surface area (Å²) in [5.41, 5.74) is 0.718. The molecule has 0 radical (unpaired) electrons. The van der Waals surface area contributed by atoms with Crippen LogP contribution in [0, 0.1) is 0 Å². The van der Waals surface area contributed by atoms with Crippen molar-refractivity contribution in [2.75, 3.05) is 46.3 Å². The van der Waals surface area contributed by atoms with Crippen LogP contribution >= 0.6 is 0 Å². The first kappa shape index (κ1) is 18.4. The molecule has 2 rings (SSSR count). The van der Waals surface area contributed by atoms with Crippen LogP contribution in [-0.2, 0) is 0 Å². The Morgan fingerprint density at radius 3 is 2.21 bits per heavy atom. The Balaban J connectivity index is 2.12. The number of likely N-dealkylation sites (N-methyl/N-ethyl adjacent to an activating group) is 1. The standard InChI is InChI=1S/C18H28N4O2/c1-4-9-21(10-5-2)17(23)15-7-6-8-16(19-15)18(24)22-13-11-20(3)12-14-22/h6-8H,4-5,9-14H2,1-3H3. The maximum Gasteiger partial charge on any atom is 0.272 e. The van der Waals surface area contributed by atoms with E-state index >= 15 is 0 Å². The van der Waals surface area contributed by atoms with Gasteiger partial charge < -0.3 is 14.7 Å². The average Bonchev–Trinajstić information content (AvgIpc) is 2.61. The molecule has 0 aromatic carbocycles. The number of carbonyl (C=O) groups excluding carboxylic acids is 2. The smallest absolute Gasteiger partial charge is 0.272 e. The third kappa shape index (κ3) is 4.54. The van der Waals surface area contributed by atoms with Gasteiger partial charge in [0, 0.05) is 39.3 Å². The van der Waals surface area contributed by atoms with E-state index in [9.17, 15) is 9.59 Å². The molecule has 1 saturated heterocycles. The molecule has 0 saturated carbocycles. The number of hydrogen-bond acceptors (Lipinski definition) is 4. The number of carbonyl (C=O) groups is 2. The maximum atomic E-state index is 12.7. The minimum atomic E-state index is -0.0910. The van der Waals surface area contributed by atoms with Gasteiger partial charge in [0.1, 0.15) is 11.4 Å². The fourth-order valence-electron chi connectivity index (χ4n) is 2.86. The lowest BCUT2D eigenvalue weighted by Crippen LogP contribution is -2.47. The van der Waals surface area contributed by atoms with Gasteiger partial charge in [-0.2, -0.15) is 0 Å². The quantitative estimate of drug-likeness (QED) is 0.796. The molecular formula is C18H28N4O2. The first-order valence-corrected chi connectivity index (χ1v) is 8.81. The minimum Gasteiger partial charge on any atom is -0.337 e. The maximum absolute atomic E-state index is 12.7. The van der Waals surface area contributed by atoms with Crippen LogP contribution in [0.1, 0.15) is 47.7 Å². The molecule has 6 heteroatoms. The van der Waals surface area contributed by atoms with E-state index in [1.807, 2.05) is 9.80 Å². The zero-order valence-electron chi connectivity index (χ0n) is 15.0. The molecular weight excluding hydrogens is 304 g/mol. The summed E-state index contributed by atoms with van der Waals surface area (Å²) in [5.74, 6) is -0.179. The molecule has 0 atom stereocenters. The van der Waals surface area contributed by atoms with Gasteiger partial charge in [0.25, 0.3) is 11.8 Å². The lowest BCUT2D eigenvalue weighted by molar-refractivity contribution is 0.0657. The van der Waals surface area contributed by atoms with E-state index in [0.29, 0.717) is 37.6 Å². The SMILES string of the molecule is CCCN(CCC)C(=O)c1cccc(C(=O)N2CCN(C)CC2)n1. The molecule has 1 aromatic heterocycles. The van der Waals surface area contributed by atoms with Crippen LogP contribution in [0.15, 0.2) is 18.2 Å². The largest absolute Gasteiger partial charge is 0.337 e. The fraction of sp³-hybridized carbons (Fsp3) is 0.611.